The summed E-state index contributed by atoms with van der Waals surface area (Å²) < 4.78 is 6.27. The van der Waals surface area contributed by atoms with Gasteiger partial charge in [-0.15, -0.1) is 0 Å². The Morgan fingerprint density at radius 2 is 1.71 bits per heavy atom. The van der Waals surface area contributed by atoms with E-state index in [0.717, 1.165) is 5.92 Å². The molecule has 0 saturated heterocycles. The lowest BCUT2D eigenvalue weighted by molar-refractivity contribution is 0.0975. The van der Waals surface area contributed by atoms with E-state index >= 15 is 0 Å². The maximum absolute atomic E-state index is 6.27. The quantitative estimate of drug-likeness (QED) is 0.637. The molecule has 2 heteroatoms. The third-order valence-corrected chi connectivity index (χ3v) is 4.09. The Balaban J connectivity index is 2.43. The smallest absolute Gasteiger partial charge is 0.184 e. The first-order valence-corrected chi connectivity index (χ1v) is 9.61. The van der Waals surface area contributed by atoms with Gasteiger partial charge >= 0.3 is 0 Å². The summed E-state index contributed by atoms with van der Waals surface area (Å²) >= 11 is 0. The predicted molar refractivity (Wildman–Crippen MR) is 65.1 cm³/mol. The van der Waals surface area contributed by atoms with Gasteiger partial charge in [0.25, 0.3) is 0 Å². The van der Waals surface area contributed by atoms with Crippen molar-refractivity contribution in [2.45, 2.75) is 71.2 Å². The number of rotatable bonds is 4. The summed E-state index contributed by atoms with van der Waals surface area (Å²) in [4.78, 5) is 0. The molecule has 0 aliphatic heterocycles. The van der Waals surface area contributed by atoms with E-state index < -0.39 is 8.32 Å². The van der Waals surface area contributed by atoms with Crippen LogP contribution in [0.15, 0.2) is 0 Å². The highest BCUT2D eigenvalue weighted by Gasteiger charge is 2.27. The highest BCUT2D eigenvalue weighted by Crippen LogP contribution is 2.30. The van der Waals surface area contributed by atoms with E-state index in [9.17, 15) is 0 Å². The second-order valence-electron chi connectivity index (χ2n) is 5.58. The molecule has 1 aliphatic carbocycles. The molecule has 1 rings (SSSR count). The molecular formula is C12H26OSi. The molecule has 0 radical (unpaired) electrons. The molecule has 0 N–H and O–H groups in total. The van der Waals surface area contributed by atoms with Crippen LogP contribution in [-0.4, -0.2) is 14.4 Å². The minimum atomic E-state index is -1.33. The molecule has 0 heterocycles. The Morgan fingerprint density at radius 1 is 1.14 bits per heavy atom. The first-order valence-electron chi connectivity index (χ1n) is 6.21. The Bertz CT molecular complexity index is 156. The van der Waals surface area contributed by atoms with E-state index in [0.29, 0.717) is 6.10 Å². The van der Waals surface area contributed by atoms with Crippen LogP contribution in [0, 0.1) is 5.92 Å². The van der Waals surface area contributed by atoms with Gasteiger partial charge in [0, 0.05) is 6.10 Å². The lowest BCUT2D eigenvalue weighted by Gasteiger charge is -2.34. The summed E-state index contributed by atoms with van der Waals surface area (Å²) in [6.07, 6.45) is 8.87. The van der Waals surface area contributed by atoms with Crippen molar-refractivity contribution in [2.24, 2.45) is 5.92 Å². The summed E-state index contributed by atoms with van der Waals surface area (Å²) in [5.41, 5.74) is 0. The largest absolute Gasteiger partial charge is 0.414 e. The summed E-state index contributed by atoms with van der Waals surface area (Å²) in [7, 11) is -1.33. The van der Waals surface area contributed by atoms with Crippen LogP contribution < -0.4 is 0 Å². The Hall–Kier alpha value is 0.177. The van der Waals surface area contributed by atoms with Crippen LogP contribution in [0.3, 0.4) is 0 Å². The van der Waals surface area contributed by atoms with Crippen molar-refractivity contribution in [3.8, 4) is 0 Å². The van der Waals surface area contributed by atoms with E-state index in [2.05, 4.69) is 26.6 Å². The molecule has 1 fully saturated rings. The molecule has 1 saturated carbocycles. The van der Waals surface area contributed by atoms with Crippen LogP contribution in [0.25, 0.3) is 0 Å². The fraction of sp³-hybridized carbons (Fsp3) is 1.00. The van der Waals surface area contributed by atoms with Crippen molar-refractivity contribution in [1.29, 1.82) is 0 Å². The molecule has 14 heavy (non-hydrogen) atoms. The van der Waals surface area contributed by atoms with Crippen LogP contribution in [0.2, 0.25) is 19.6 Å². The van der Waals surface area contributed by atoms with Crippen molar-refractivity contribution in [2.75, 3.05) is 0 Å². The number of hydrogen-bond donors (Lipinski definition) is 0. The lowest BCUT2D eigenvalue weighted by Crippen LogP contribution is -2.36. The molecule has 0 aromatic heterocycles. The predicted octanol–water partition coefficient (Wildman–Crippen LogP) is 4.20. The molecule has 0 bridgehead atoms. The summed E-state index contributed by atoms with van der Waals surface area (Å²) in [6.45, 7) is 9.19. The standard InChI is InChI=1S/C12H26OSi/c1-5-12(13-14(2,3)4)11-9-7-6-8-10-11/h11-12H,5-10H2,1-4H3. The highest BCUT2D eigenvalue weighted by atomic mass is 28.4. The maximum Gasteiger partial charge on any atom is 0.184 e. The van der Waals surface area contributed by atoms with Gasteiger partial charge in [-0.1, -0.05) is 26.2 Å². The fourth-order valence-electron chi connectivity index (χ4n) is 2.47. The molecule has 1 nitrogen and oxygen atoms in total. The second kappa shape index (κ2) is 5.31. The third-order valence-electron chi connectivity index (χ3n) is 3.08. The molecule has 0 aromatic carbocycles. The van der Waals surface area contributed by atoms with Crippen molar-refractivity contribution in [3.05, 3.63) is 0 Å². The van der Waals surface area contributed by atoms with Gasteiger partial charge in [0.05, 0.1) is 0 Å². The van der Waals surface area contributed by atoms with Gasteiger partial charge in [0.15, 0.2) is 8.32 Å². The number of hydrogen-bond acceptors (Lipinski definition) is 1. The Kier molecular flexibility index (Phi) is 4.65. The molecule has 1 unspecified atom stereocenters. The van der Waals surface area contributed by atoms with Gasteiger partial charge in [-0.05, 0) is 44.8 Å². The van der Waals surface area contributed by atoms with E-state index in [1.54, 1.807) is 0 Å². The summed E-state index contributed by atoms with van der Waals surface area (Å²) in [5, 5.41) is 0. The molecule has 1 atom stereocenters. The van der Waals surface area contributed by atoms with Gasteiger partial charge in [-0.3, -0.25) is 0 Å². The average Bonchev–Trinajstić information content (AvgIpc) is 2.14. The van der Waals surface area contributed by atoms with Gasteiger partial charge in [-0.25, -0.2) is 0 Å². The summed E-state index contributed by atoms with van der Waals surface area (Å²) in [6, 6.07) is 0. The van der Waals surface area contributed by atoms with E-state index in [4.69, 9.17) is 4.43 Å². The highest BCUT2D eigenvalue weighted by molar-refractivity contribution is 6.69. The molecule has 0 aromatic rings. The van der Waals surface area contributed by atoms with Crippen molar-refractivity contribution in [3.63, 3.8) is 0 Å². The van der Waals surface area contributed by atoms with Crippen molar-refractivity contribution in [1.82, 2.24) is 0 Å². The van der Waals surface area contributed by atoms with Crippen molar-refractivity contribution >= 4 is 8.32 Å². The second-order valence-corrected chi connectivity index (χ2v) is 10.0. The lowest BCUT2D eigenvalue weighted by atomic mass is 9.84. The van der Waals surface area contributed by atoms with Gasteiger partial charge in [0.2, 0.25) is 0 Å². The monoisotopic (exact) mass is 214 g/mol. The molecule has 0 amide bonds. The van der Waals surface area contributed by atoms with Crippen molar-refractivity contribution < 1.29 is 4.43 Å². The molecule has 0 spiro atoms. The Labute approximate surface area is 90.4 Å². The SMILES string of the molecule is CCC(O[Si](C)(C)C)C1CCCCC1. The van der Waals surface area contributed by atoms with Crippen LogP contribution in [0.1, 0.15) is 45.4 Å². The van der Waals surface area contributed by atoms with Crippen LogP contribution in [0.5, 0.6) is 0 Å². The first kappa shape index (κ1) is 12.2. The fourth-order valence-corrected chi connectivity index (χ4v) is 3.74. The van der Waals surface area contributed by atoms with Gasteiger partial charge in [0.1, 0.15) is 0 Å². The zero-order valence-corrected chi connectivity index (χ0v) is 11.3. The average molecular weight is 214 g/mol. The maximum atomic E-state index is 6.27. The van der Waals surface area contributed by atoms with E-state index in [-0.39, 0.29) is 0 Å². The molecule has 84 valence electrons. The van der Waals surface area contributed by atoms with Crippen LogP contribution in [-0.2, 0) is 4.43 Å². The molecular weight excluding hydrogens is 188 g/mol. The minimum Gasteiger partial charge on any atom is -0.414 e. The van der Waals surface area contributed by atoms with E-state index in [1.807, 2.05) is 0 Å². The Morgan fingerprint density at radius 3 is 2.14 bits per heavy atom. The van der Waals surface area contributed by atoms with Crippen LogP contribution >= 0.6 is 0 Å². The minimum absolute atomic E-state index is 0.557. The topological polar surface area (TPSA) is 9.23 Å². The third kappa shape index (κ3) is 4.14. The van der Waals surface area contributed by atoms with E-state index in [1.165, 1.54) is 38.5 Å². The van der Waals surface area contributed by atoms with Crippen LogP contribution in [0.4, 0.5) is 0 Å². The zero-order valence-electron chi connectivity index (χ0n) is 10.3. The van der Waals surface area contributed by atoms with Gasteiger partial charge < -0.3 is 4.43 Å². The van der Waals surface area contributed by atoms with Gasteiger partial charge in [-0.2, -0.15) is 0 Å². The first-order chi connectivity index (χ1) is 6.53. The molecule has 1 aliphatic rings. The zero-order chi connectivity index (χ0) is 10.6. The summed E-state index contributed by atoms with van der Waals surface area (Å²) in [5.74, 6) is 0.862. The normalized spacial score (nSPS) is 22.3.